The van der Waals surface area contributed by atoms with E-state index in [-0.39, 0.29) is 10.9 Å². The number of hydrogen-bond donors (Lipinski definition) is 2. The number of nitrogens with two attached hydrogens (primary N) is 1. The van der Waals surface area contributed by atoms with E-state index < -0.39 is 5.82 Å². The van der Waals surface area contributed by atoms with Crippen molar-refractivity contribution in [3.63, 3.8) is 0 Å². The molecule has 1 aliphatic heterocycles. The van der Waals surface area contributed by atoms with Crippen LogP contribution in [0.3, 0.4) is 0 Å². The summed E-state index contributed by atoms with van der Waals surface area (Å²) in [5.74, 6) is -0.871. The zero-order valence-electron chi connectivity index (χ0n) is 13.9. The van der Waals surface area contributed by atoms with Gasteiger partial charge in [0.25, 0.3) is 5.91 Å². The van der Waals surface area contributed by atoms with Crippen LogP contribution in [0.15, 0.2) is 36.4 Å². The molecule has 25 heavy (non-hydrogen) atoms. The molecule has 1 amide bonds. The number of anilines is 2. The maximum atomic E-state index is 13.5. The second-order valence-corrected chi connectivity index (χ2v) is 6.74. The van der Waals surface area contributed by atoms with Crippen LogP contribution in [0.1, 0.15) is 35.2 Å². The minimum absolute atomic E-state index is 0.0225. The summed E-state index contributed by atoms with van der Waals surface area (Å²) in [5.41, 5.74) is 8.55. The van der Waals surface area contributed by atoms with Gasteiger partial charge < -0.3 is 11.1 Å². The molecule has 1 heterocycles. The van der Waals surface area contributed by atoms with Crippen LogP contribution in [0.4, 0.5) is 15.8 Å². The largest absolute Gasteiger partial charge is 0.398 e. The van der Waals surface area contributed by atoms with Crippen molar-refractivity contribution in [3.8, 4) is 0 Å². The van der Waals surface area contributed by atoms with Crippen molar-refractivity contribution in [3.05, 3.63) is 58.4 Å². The van der Waals surface area contributed by atoms with Gasteiger partial charge in [0.05, 0.1) is 5.02 Å². The molecule has 3 rings (SSSR count). The topological polar surface area (TPSA) is 58.4 Å². The van der Waals surface area contributed by atoms with Crippen LogP contribution in [0.2, 0.25) is 5.02 Å². The number of carbonyl (C=O) groups excluding carboxylic acids is 1. The molecule has 0 unspecified atom stereocenters. The molecule has 0 bridgehead atoms. The summed E-state index contributed by atoms with van der Waals surface area (Å²) in [6.07, 6.45) is 3.66. The summed E-state index contributed by atoms with van der Waals surface area (Å²) in [7, 11) is 0. The van der Waals surface area contributed by atoms with Crippen molar-refractivity contribution in [2.24, 2.45) is 0 Å². The van der Waals surface area contributed by atoms with E-state index in [0.29, 0.717) is 16.9 Å². The van der Waals surface area contributed by atoms with Crippen molar-refractivity contribution in [2.45, 2.75) is 25.8 Å². The first-order valence-electron chi connectivity index (χ1n) is 8.40. The van der Waals surface area contributed by atoms with Crippen LogP contribution in [-0.2, 0) is 6.54 Å². The fourth-order valence-corrected chi connectivity index (χ4v) is 3.14. The number of piperidine rings is 1. The monoisotopic (exact) mass is 361 g/mol. The molecule has 1 fully saturated rings. The van der Waals surface area contributed by atoms with E-state index in [1.54, 1.807) is 18.2 Å². The number of nitrogen functional groups attached to an aromatic ring is 1. The summed E-state index contributed by atoms with van der Waals surface area (Å²) in [5, 5.41) is 2.71. The molecule has 0 radical (unpaired) electrons. The quantitative estimate of drug-likeness (QED) is 0.798. The Balaban J connectivity index is 1.73. The van der Waals surface area contributed by atoms with Gasteiger partial charge in [0, 0.05) is 23.5 Å². The molecule has 132 valence electrons. The van der Waals surface area contributed by atoms with Gasteiger partial charge in [-0.2, -0.15) is 0 Å². The molecule has 0 aromatic heterocycles. The van der Waals surface area contributed by atoms with Crippen LogP contribution < -0.4 is 11.1 Å². The molecular weight excluding hydrogens is 341 g/mol. The number of amides is 1. The van der Waals surface area contributed by atoms with Crippen molar-refractivity contribution < 1.29 is 9.18 Å². The van der Waals surface area contributed by atoms with Gasteiger partial charge in [0.2, 0.25) is 0 Å². The number of rotatable bonds is 4. The van der Waals surface area contributed by atoms with E-state index in [1.807, 2.05) is 6.07 Å². The van der Waals surface area contributed by atoms with Gasteiger partial charge in [-0.05, 0) is 67.9 Å². The minimum Gasteiger partial charge on any atom is -0.398 e. The third kappa shape index (κ3) is 4.50. The summed E-state index contributed by atoms with van der Waals surface area (Å²) in [6, 6.07) is 9.41. The van der Waals surface area contributed by atoms with Crippen LogP contribution in [0.5, 0.6) is 0 Å². The van der Waals surface area contributed by atoms with Crippen molar-refractivity contribution in [2.75, 3.05) is 24.1 Å². The van der Waals surface area contributed by atoms with Crippen molar-refractivity contribution in [1.29, 1.82) is 0 Å². The minimum atomic E-state index is -0.567. The molecular formula is C19H21ClFN3O. The first kappa shape index (κ1) is 17.7. The highest BCUT2D eigenvalue weighted by atomic mass is 35.5. The number of likely N-dealkylation sites (tertiary alicyclic amines) is 1. The van der Waals surface area contributed by atoms with Crippen molar-refractivity contribution >= 4 is 28.9 Å². The van der Waals surface area contributed by atoms with E-state index in [9.17, 15) is 9.18 Å². The average molecular weight is 362 g/mol. The van der Waals surface area contributed by atoms with Crippen LogP contribution in [-0.4, -0.2) is 23.9 Å². The Morgan fingerprint density at radius 2 is 1.92 bits per heavy atom. The molecule has 0 saturated carbocycles. The molecule has 4 nitrogen and oxygen atoms in total. The molecule has 0 spiro atoms. The fraction of sp³-hybridized carbons (Fsp3) is 0.316. The summed E-state index contributed by atoms with van der Waals surface area (Å²) in [4.78, 5) is 14.8. The van der Waals surface area contributed by atoms with Crippen molar-refractivity contribution in [1.82, 2.24) is 4.90 Å². The van der Waals surface area contributed by atoms with Crippen LogP contribution in [0.25, 0.3) is 0 Å². The van der Waals surface area contributed by atoms with E-state index in [1.165, 1.54) is 31.4 Å². The number of halogens is 2. The molecule has 0 atom stereocenters. The highest BCUT2D eigenvalue weighted by Crippen LogP contribution is 2.22. The molecule has 2 aromatic carbocycles. The first-order valence-corrected chi connectivity index (χ1v) is 8.78. The Bertz CT molecular complexity index is 775. The van der Waals surface area contributed by atoms with Gasteiger partial charge in [0.1, 0.15) is 5.82 Å². The summed E-state index contributed by atoms with van der Waals surface area (Å²) in [6.45, 7) is 2.85. The van der Waals surface area contributed by atoms with Gasteiger partial charge in [-0.25, -0.2) is 4.39 Å². The first-order chi connectivity index (χ1) is 12.0. The number of benzene rings is 2. The Kier molecular flexibility index (Phi) is 5.56. The van der Waals surface area contributed by atoms with E-state index in [2.05, 4.69) is 10.2 Å². The van der Waals surface area contributed by atoms with Gasteiger partial charge in [-0.1, -0.05) is 18.0 Å². The Morgan fingerprint density at radius 1 is 1.16 bits per heavy atom. The van der Waals surface area contributed by atoms with Crippen LogP contribution >= 0.6 is 11.6 Å². The fourth-order valence-electron chi connectivity index (χ4n) is 3.02. The second-order valence-electron chi connectivity index (χ2n) is 6.33. The number of hydrogen-bond acceptors (Lipinski definition) is 3. The average Bonchev–Trinajstić information content (AvgIpc) is 2.61. The third-order valence-corrected chi connectivity index (χ3v) is 4.73. The lowest BCUT2D eigenvalue weighted by Gasteiger charge is -2.27. The molecule has 2 aromatic rings. The standard InChI is InChI=1S/C19H21ClFN3O/c20-16-6-5-15(11-17(16)21)23-19(25)13-4-7-18(22)14(10-13)12-24-8-2-1-3-9-24/h4-7,10-11H,1-3,8-9,12,22H2,(H,23,25). The maximum Gasteiger partial charge on any atom is 0.255 e. The van der Waals surface area contributed by atoms with Gasteiger partial charge >= 0.3 is 0 Å². The summed E-state index contributed by atoms with van der Waals surface area (Å²) < 4.78 is 13.5. The lowest BCUT2D eigenvalue weighted by atomic mass is 10.1. The van der Waals surface area contributed by atoms with Crippen LogP contribution in [0, 0.1) is 5.82 Å². The van der Waals surface area contributed by atoms with E-state index in [4.69, 9.17) is 17.3 Å². The van der Waals surface area contributed by atoms with Gasteiger partial charge in [-0.15, -0.1) is 0 Å². The molecule has 1 saturated heterocycles. The molecule has 6 heteroatoms. The van der Waals surface area contributed by atoms with Gasteiger partial charge in [-0.3, -0.25) is 9.69 Å². The Labute approximate surface area is 151 Å². The lowest BCUT2D eigenvalue weighted by molar-refractivity contribution is 0.102. The highest BCUT2D eigenvalue weighted by molar-refractivity contribution is 6.30. The predicted octanol–water partition coefficient (Wildman–Crippen LogP) is 4.30. The zero-order chi connectivity index (χ0) is 17.8. The second kappa shape index (κ2) is 7.85. The lowest BCUT2D eigenvalue weighted by Crippen LogP contribution is -2.29. The number of nitrogens with zero attached hydrogens (tertiary/aromatic N) is 1. The predicted molar refractivity (Wildman–Crippen MR) is 99.3 cm³/mol. The smallest absolute Gasteiger partial charge is 0.255 e. The molecule has 3 N–H and O–H groups in total. The molecule has 0 aliphatic carbocycles. The van der Waals surface area contributed by atoms with E-state index >= 15 is 0 Å². The van der Waals surface area contributed by atoms with E-state index in [0.717, 1.165) is 25.2 Å². The summed E-state index contributed by atoms with van der Waals surface area (Å²) >= 11 is 5.66. The maximum absolute atomic E-state index is 13.5. The Morgan fingerprint density at radius 3 is 2.64 bits per heavy atom. The number of nitrogens with one attached hydrogen (secondary N) is 1. The molecule has 1 aliphatic rings. The highest BCUT2D eigenvalue weighted by Gasteiger charge is 2.14. The zero-order valence-corrected chi connectivity index (χ0v) is 14.7. The van der Waals surface area contributed by atoms with Gasteiger partial charge in [0.15, 0.2) is 0 Å². The third-order valence-electron chi connectivity index (χ3n) is 4.43. The SMILES string of the molecule is Nc1ccc(C(=O)Nc2ccc(Cl)c(F)c2)cc1CN1CCCCC1. The Hall–Kier alpha value is -2.11. The number of carbonyl (C=O) groups is 1. The normalized spacial score (nSPS) is 15.1.